The first-order valence-corrected chi connectivity index (χ1v) is 9.16. The minimum Gasteiger partial charge on any atom is -0.347 e. The topological polar surface area (TPSA) is 69.7 Å². The summed E-state index contributed by atoms with van der Waals surface area (Å²) in [4.78, 5) is 14.7. The molecule has 1 unspecified atom stereocenters. The number of carbonyl (C=O) groups excluding carboxylic acids is 1. The van der Waals surface area contributed by atoms with Gasteiger partial charge in [-0.15, -0.1) is 11.3 Å². The lowest BCUT2D eigenvalue weighted by Crippen LogP contribution is -2.59. The zero-order valence-corrected chi connectivity index (χ0v) is 14.1. The average Bonchev–Trinajstić information content (AvgIpc) is 2.96. The molecule has 1 atom stereocenters. The van der Waals surface area contributed by atoms with Crippen molar-refractivity contribution in [1.82, 2.24) is 14.5 Å². The van der Waals surface area contributed by atoms with Gasteiger partial charge in [-0.25, -0.2) is 8.42 Å². The van der Waals surface area contributed by atoms with Crippen molar-refractivity contribution in [2.45, 2.75) is 23.6 Å². The Hall–Kier alpha value is -0.960. The van der Waals surface area contributed by atoms with Crippen molar-refractivity contribution in [2.75, 3.05) is 33.7 Å². The van der Waals surface area contributed by atoms with Crippen molar-refractivity contribution in [3.05, 3.63) is 17.0 Å². The van der Waals surface area contributed by atoms with Crippen LogP contribution in [0.5, 0.6) is 0 Å². The standard InChI is InChI=1S/C13H21N3O3S2/c1-4-10-5-6-12(20-10)21(18,19)16-8-7-14-9-11(16)13(17)15(2)3/h5-6,11,14H,4,7-9H2,1-3H3. The number of thiophene rings is 1. The zero-order chi connectivity index (χ0) is 15.6. The molecule has 0 radical (unpaired) electrons. The third-order valence-electron chi connectivity index (χ3n) is 3.47. The molecule has 0 aromatic carbocycles. The minimum absolute atomic E-state index is 0.196. The molecule has 0 bridgehead atoms. The lowest BCUT2D eigenvalue weighted by atomic mass is 10.2. The number of hydrogen-bond acceptors (Lipinski definition) is 5. The molecule has 8 heteroatoms. The number of nitrogens with one attached hydrogen (secondary N) is 1. The van der Waals surface area contributed by atoms with Crippen LogP contribution in [0.1, 0.15) is 11.8 Å². The maximum Gasteiger partial charge on any atom is 0.253 e. The fourth-order valence-electron chi connectivity index (χ4n) is 2.28. The lowest BCUT2D eigenvalue weighted by molar-refractivity contribution is -0.133. The first-order chi connectivity index (χ1) is 9.87. The summed E-state index contributed by atoms with van der Waals surface area (Å²) in [5.41, 5.74) is 0. The van der Waals surface area contributed by atoms with Crippen LogP contribution in [-0.2, 0) is 21.2 Å². The highest BCUT2D eigenvalue weighted by atomic mass is 32.2. The van der Waals surface area contributed by atoms with Gasteiger partial charge in [-0.2, -0.15) is 4.31 Å². The van der Waals surface area contributed by atoms with Gasteiger partial charge in [0.2, 0.25) is 5.91 Å². The second-order valence-corrected chi connectivity index (χ2v) is 8.43. The molecule has 1 amide bonds. The number of aryl methyl sites for hydroxylation is 1. The number of likely N-dealkylation sites (N-methyl/N-ethyl adjacent to an activating group) is 1. The Kier molecular flexibility index (Phi) is 5.03. The third kappa shape index (κ3) is 3.28. The van der Waals surface area contributed by atoms with Gasteiger partial charge in [-0.1, -0.05) is 6.92 Å². The zero-order valence-electron chi connectivity index (χ0n) is 12.5. The summed E-state index contributed by atoms with van der Waals surface area (Å²) in [6.07, 6.45) is 0.807. The van der Waals surface area contributed by atoms with Crippen LogP contribution in [-0.4, -0.2) is 63.3 Å². The van der Waals surface area contributed by atoms with Crippen molar-refractivity contribution in [3.8, 4) is 0 Å². The minimum atomic E-state index is -3.61. The van der Waals surface area contributed by atoms with Crippen LogP contribution >= 0.6 is 11.3 Å². The van der Waals surface area contributed by atoms with Crippen molar-refractivity contribution < 1.29 is 13.2 Å². The molecule has 0 aliphatic carbocycles. The van der Waals surface area contributed by atoms with Crippen molar-refractivity contribution >= 4 is 27.3 Å². The van der Waals surface area contributed by atoms with E-state index in [0.717, 1.165) is 11.3 Å². The first kappa shape index (κ1) is 16.4. The smallest absolute Gasteiger partial charge is 0.253 e. The average molecular weight is 331 g/mol. The molecule has 1 fully saturated rings. The Morgan fingerprint density at radius 1 is 1.48 bits per heavy atom. The van der Waals surface area contributed by atoms with Crippen LogP contribution in [0, 0.1) is 0 Å². The van der Waals surface area contributed by atoms with E-state index in [1.54, 1.807) is 20.2 Å². The number of piperazine rings is 1. The summed E-state index contributed by atoms with van der Waals surface area (Å²) in [5, 5.41) is 3.09. The van der Waals surface area contributed by atoms with E-state index < -0.39 is 16.1 Å². The molecule has 21 heavy (non-hydrogen) atoms. The molecule has 0 saturated carbocycles. The van der Waals surface area contributed by atoms with Gasteiger partial charge in [0.25, 0.3) is 10.0 Å². The Bertz CT molecular complexity index is 610. The molecule has 6 nitrogen and oxygen atoms in total. The highest BCUT2D eigenvalue weighted by molar-refractivity contribution is 7.91. The van der Waals surface area contributed by atoms with E-state index in [1.807, 2.05) is 13.0 Å². The molecule has 2 heterocycles. The first-order valence-electron chi connectivity index (χ1n) is 6.90. The largest absolute Gasteiger partial charge is 0.347 e. The van der Waals surface area contributed by atoms with Crippen LogP contribution in [0.15, 0.2) is 16.3 Å². The lowest BCUT2D eigenvalue weighted by Gasteiger charge is -2.35. The van der Waals surface area contributed by atoms with Gasteiger partial charge in [0.15, 0.2) is 0 Å². The molecule has 1 N–H and O–H groups in total. The molecular formula is C13H21N3O3S2. The van der Waals surface area contributed by atoms with E-state index in [-0.39, 0.29) is 5.91 Å². The van der Waals surface area contributed by atoms with Crippen LogP contribution in [0.25, 0.3) is 0 Å². The second-order valence-electron chi connectivity index (χ2n) is 5.14. The molecule has 1 aromatic rings. The predicted octanol–water partition coefficient (Wildman–Crippen LogP) is 0.361. The van der Waals surface area contributed by atoms with E-state index in [4.69, 9.17) is 0 Å². The molecule has 118 valence electrons. The SMILES string of the molecule is CCc1ccc(S(=O)(=O)N2CCNCC2C(=O)N(C)C)s1. The molecule has 1 aliphatic heterocycles. The maximum atomic E-state index is 12.8. The van der Waals surface area contributed by atoms with E-state index in [2.05, 4.69) is 5.32 Å². The van der Waals surface area contributed by atoms with Gasteiger partial charge in [0, 0.05) is 38.6 Å². The van der Waals surface area contributed by atoms with Gasteiger partial charge in [-0.05, 0) is 18.6 Å². The normalized spacial score (nSPS) is 20.4. The summed E-state index contributed by atoms with van der Waals surface area (Å²) in [6.45, 7) is 3.21. The molecular weight excluding hydrogens is 310 g/mol. The Balaban J connectivity index is 2.33. The highest BCUT2D eigenvalue weighted by Crippen LogP contribution is 2.27. The molecule has 1 saturated heterocycles. The van der Waals surface area contributed by atoms with Gasteiger partial charge < -0.3 is 10.2 Å². The van der Waals surface area contributed by atoms with Gasteiger partial charge in [-0.3, -0.25) is 4.79 Å². The number of rotatable bonds is 4. The van der Waals surface area contributed by atoms with Crippen molar-refractivity contribution in [2.24, 2.45) is 0 Å². The maximum absolute atomic E-state index is 12.8. The number of amides is 1. The van der Waals surface area contributed by atoms with Crippen LogP contribution in [0.4, 0.5) is 0 Å². The summed E-state index contributed by atoms with van der Waals surface area (Å²) in [7, 11) is -0.333. The Morgan fingerprint density at radius 3 is 2.76 bits per heavy atom. The third-order valence-corrected chi connectivity index (χ3v) is 7.07. The number of carbonyl (C=O) groups is 1. The summed E-state index contributed by atoms with van der Waals surface area (Å²) < 4.78 is 27.2. The summed E-state index contributed by atoms with van der Waals surface area (Å²) in [6, 6.07) is 2.80. The fourth-order valence-corrected chi connectivity index (χ4v) is 5.29. The van der Waals surface area contributed by atoms with Crippen LogP contribution < -0.4 is 5.32 Å². The van der Waals surface area contributed by atoms with Crippen molar-refractivity contribution in [1.29, 1.82) is 0 Å². The number of sulfonamides is 1. The van der Waals surface area contributed by atoms with Crippen molar-refractivity contribution in [3.63, 3.8) is 0 Å². The molecule has 1 aliphatic rings. The second kappa shape index (κ2) is 6.43. The van der Waals surface area contributed by atoms with Gasteiger partial charge in [0.1, 0.15) is 10.3 Å². The number of hydrogen-bond donors (Lipinski definition) is 1. The van der Waals surface area contributed by atoms with E-state index >= 15 is 0 Å². The summed E-state index contributed by atoms with van der Waals surface area (Å²) >= 11 is 1.28. The highest BCUT2D eigenvalue weighted by Gasteiger charge is 2.38. The quantitative estimate of drug-likeness (QED) is 0.865. The van der Waals surface area contributed by atoms with E-state index in [1.165, 1.54) is 20.5 Å². The predicted molar refractivity (Wildman–Crippen MR) is 82.9 cm³/mol. The molecule has 0 spiro atoms. The number of nitrogens with zero attached hydrogens (tertiary/aromatic N) is 2. The summed E-state index contributed by atoms with van der Waals surface area (Å²) in [5.74, 6) is -0.196. The van der Waals surface area contributed by atoms with Crippen LogP contribution in [0.2, 0.25) is 0 Å². The van der Waals surface area contributed by atoms with Gasteiger partial charge in [0.05, 0.1) is 0 Å². The Morgan fingerprint density at radius 2 is 2.19 bits per heavy atom. The monoisotopic (exact) mass is 331 g/mol. The van der Waals surface area contributed by atoms with E-state index in [0.29, 0.717) is 23.8 Å². The molecule has 2 rings (SSSR count). The fraction of sp³-hybridized carbons (Fsp3) is 0.615. The molecule has 1 aromatic heterocycles. The Labute approximate surface area is 129 Å². The van der Waals surface area contributed by atoms with Crippen LogP contribution in [0.3, 0.4) is 0 Å². The van der Waals surface area contributed by atoms with E-state index in [9.17, 15) is 13.2 Å². The van der Waals surface area contributed by atoms with Gasteiger partial charge >= 0.3 is 0 Å².